The molecule has 4 rings (SSSR count). The van der Waals surface area contributed by atoms with Crippen LogP contribution in [0.3, 0.4) is 0 Å². The van der Waals surface area contributed by atoms with Gasteiger partial charge in [-0.2, -0.15) is 4.98 Å². The number of nitrogens with one attached hydrogen (secondary N) is 1. The van der Waals surface area contributed by atoms with Crippen molar-refractivity contribution in [1.29, 1.82) is 0 Å². The van der Waals surface area contributed by atoms with Crippen LogP contribution < -0.4 is 15.6 Å². The summed E-state index contributed by atoms with van der Waals surface area (Å²) in [5.41, 5.74) is 0.750. The molecule has 2 aliphatic rings. The van der Waals surface area contributed by atoms with Crippen LogP contribution in [0.2, 0.25) is 0 Å². The van der Waals surface area contributed by atoms with Gasteiger partial charge in [0.2, 0.25) is 11.7 Å². The molecule has 1 aromatic carbocycles. The zero-order chi connectivity index (χ0) is 23.8. The minimum absolute atomic E-state index is 0.0115. The van der Waals surface area contributed by atoms with Gasteiger partial charge in [0.1, 0.15) is 11.6 Å². The normalized spacial score (nSPS) is 16.8. The van der Waals surface area contributed by atoms with Crippen molar-refractivity contribution in [2.45, 2.75) is 32.6 Å². The minimum atomic E-state index is -3.78. The molecule has 2 heterocycles. The van der Waals surface area contributed by atoms with Crippen molar-refractivity contribution in [2.24, 2.45) is 0 Å². The molecule has 0 atom stereocenters. The van der Waals surface area contributed by atoms with E-state index < -0.39 is 23.5 Å². The first kappa shape index (κ1) is 22.4. The molecule has 11 heteroatoms. The van der Waals surface area contributed by atoms with Crippen molar-refractivity contribution < 1.29 is 31.8 Å². The lowest BCUT2D eigenvalue weighted by molar-refractivity contribution is -0.326. The van der Waals surface area contributed by atoms with E-state index in [1.54, 1.807) is 0 Å². The lowest BCUT2D eigenvalue weighted by Gasteiger charge is -2.17. The number of methoxy groups -OCH3 is 1. The van der Waals surface area contributed by atoms with Gasteiger partial charge in [0, 0.05) is 17.8 Å². The van der Waals surface area contributed by atoms with E-state index in [9.17, 15) is 22.4 Å². The smallest absolute Gasteiger partial charge is 0.490 e. The van der Waals surface area contributed by atoms with Crippen LogP contribution in [0.1, 0.15) is 25.3 Å². The molecule has 1 aliphatic heterocycles. The van der Waals surface area contributed by atoms with E-state index in [1.807, 2.05) is 6.92 Å². The van der Waals surface area contributed by atoms with Crippen LogP contribution in [0.4, 0.5) is 23.5 Å². The molecule has 33 heavy (non-hydrogen) atoms. The zero-order valence-corrected chi connectivity index (χ0v) is 17.6. The highest BCUT2D eigenvalue weighted by molar-refractivity contribution is 5.49. The Hall–Kier alpha value is -3.76. The predicted octanol–water partition coefficient (Wildman–Crippen LogP) is 4.42. The third-order valence-corrected chi connectivity index (χ3v) is 5.02. The fourth-order valence-corrected chi connectivity index (χ4v) is 3.49. The molecule has 174 valence electrons. The number of alkyl halides is 2. The maximum absolute atomic E-state index is 13.7. The number of anilines is 1. The number of rotatable bonds is 6. The second-order valence-corrected chi connectivity index (χ2v) is 7.29. The molecule has 0 bridgehead atoms. The van der Waals surface area contributed by atoms with Gasteiger partial charge in [-0.25, -0.2) is 8.78 Å². The molecule has 1 aromatic heterocycles. The van der Waals surface area contributed by atoms with Crippen LogP contribution in [0.25, 0.3) is 0 Å². The third kappa shape index (κ3) is 4.86. The van der Waals surface area contributed by atoms with Crippen LogP contribution in [-0.2, 0) is 16.0 Å². The monoisotopic (exact) mass is 465 g/mol. The van der Waals surface area contributed by atoms with E-state index in [4.69, 9.17) is 4.74 Å². The summed E-state index contributed by atoms with van der Waals surface area (Å²) in [4.78, 5) is 16.3. The zero-order valence-electron chi connectivity index (χ0n) is 17.6. The Morgan fingerprint density at radius 2 is 1.88 bits per heavy atom. The van der Waals surface area contributed by atoms with Crippen molar-refractivity contribution in [1.82, 2.24) is 9.55 Å². The summed E-state index contributed by atoms with van der Waals surface area (Å²) in [5, 5.41) is 2.97. The second-order valence-electron chi connectivity index (χ2n) is 7.29. The van der Waals surface area contributed by atoms with E-state index in [0.717, 1.165) is 23.8 Å². The molecule has 0 spiro atoms. The van der Waals surface area contributed by atoms with E-state index >= 15 is 0 Å². The van der Waals surface area contributed by atoms with E-state index in [0.29, 0.717) is 12.1 Å². The van der Waals surface area contributed by atoms with Gasteiger partial charge in [-0.15, -0.1) is 8.78 Å². The van der Waals surface area contributed by atoms with Crippen LogP contribution in [0.15, 0.2) is 64.1 Å². The number of ether oxygens (including phenoxy) is 3. The summed E-state index contributed by atoms with van der Waals surface area (Å²) in [6, 6.07) is 3.03. The lowest BCUT2D eigenvalue weighted by atomic mass is 10.1. The lowest BCUT2D eigenvalue weighted by Crippen LogP contribution is -2.20. The average Bonchev–Trinajstić information content (AvgIpc) is 2.93. The van der Waals surface area contributed by atoms with Gasteiger partial charge in [0.15, 0.2) is 11.5 Å². The first-order valence-electron chi connectivity index (χ1n) is 9.95. The quantitative estimate of drug-likeness (QED) is 0.637. The molecule has 0 saturated carbocycles. The minimum Gasteiger partial charge on any atom is -0.490 e. The van der Waals surface area contributed by atoms with Crippen LogP contribution in [0, 0.1) is 11.6 Å². The van der Waals surface area contributed by atoms with Gasteiger partial charge in [-0.1, -0.05) is 6.92 Å². The highest BCUT2D eigenvalue weighted by Crippen LogP contribution is 2.39. The van der Waals surface area contributed by atoms with Gasteiger partial charge in [-0.05, 0) is 42.2 Å². The molecule has 1 aliphatic carbocycles. The maximum Gasteiger partial charge on any atom is 0.586 e. The average molecular weight is 465 g/mol. The van der Waals surface area contributed by atoms with Crippen LogP contribution >= 0.6 is 0 Å². The molecule has 0 unspecified atom stereocenters. The van der Waals surface area contributed by atoms with Crippen molar-refractivity contribution in [3.8, 4) is 5.75 Å². The van der Waals surface area contributed by atoms with Gasteiger partial charge in [0.25, 0.3) is 0 Å². The molecular formula is C22H19F4N3O4. The topological polar surface area (TPSA) is 74.6 Å². The highest BCUT2D eigenvalue weighted by Gasteiger charge is 2.46. The van der Waals surface area contributed by atoms with Crippen molar-refractivity contribution in [3.05, 3.63) is 86.9 Å². The number of allylic oxidation sites excluding steroid dienone is 3. The Bertz CT molecular complexity index is 1230. The van der Waals surface area contributed by atoms with Crippen LogP contribution in [-0.4, -0.2) is 23.0 Å². The van der Waals surface area contributed by atoms with E-state index in [2.05, 4.69) is 19.8 Å². The number of benzene rings is 1. The fraction of sp³-hybridized carbons (Fsp3) is 0.273. The highest BCUT2D eigenvalue weighted by atomic mass is 19.3. The summed E-state index contributed by atoms with van der Waals surface area (Å²) in [6.07, 6.45) is 1.19. The van der Waals surface area contributed by atoms with Gasteiger partial charge >= 0.3 is 11.9 Å². The predicted molar refractivity (Wildman–Crippen MR) is 109 cm³/mol. The molecule has 2 aromatic rings. The van der Waals surface area contributed by atoms with E-state index in [1.165, 1.54) is 30.0 Å². The maximum atomic E-state index is 13.7. The Morgan fingerprint density at radius 1 is 1.18 bits per heavy atom. The molecule has 0 radical (unpaired) electrons. The Morgan fingerprint density at radius 3 is 2.55 bits per heavy atom. The summed E-state index contributed by atoms with van der Waals surface area (Å²) >= 11 is 0. The first-order chi connectivity index (χ1) is 15.7. The third-order valence-electron chi connectivity index (χ3n) is 5.02. The molecule has 1 fully saturated rings. The number of fused-ring (bicyclic) bond motifs is 1. The summed E-state index contributed by atoms with van der Waals surface area (Å²) in [7, 11) is 1.29. The van der Waals surface area contributed by atoms with Gasteiger partial charge in [-0.3, -0.25) is 4.79 Å². The largest absolute Gasteiger partial charge is 0.586 e. The van der Waals surface area contributed by atoms with Gasteiger partial charge in [0.05, 0.1) is 19.9 Å². The molecule has 7 nitrogen and oxygen atoms in total. The van der Waals surface area contributed by atoms with Crippen molar-refractivity contribution in [3.63, 3.8) is 0 Å². The standard InChI is InChI=1S/C22H19F4N3O4/c1-3-13-4-5-17-18(33-22(25,26)32-17)9-16(13)27-21-28-20(30)19(31-2)11-29(21)10-12-6-14(23)8-15(24)7-12/h5-9,11H,3-4,10H2,1-2H3,(H,27,28,30). The van der Waals surface area contributed by atoms with Crippen molar-refractivity contribution >= 4 is 5.95 Å². The summed E-state index contributed by atoms with van der Waals surface area (Å²) in [5.74, 6) is -1.88. The number of hydrogen-bond acceptors (Lipinski definition) is 6. The number of hydrogen-bond donors (Lipinski definition) is 1. The van der Waals surface area contributed by atoms with Gasteiger partial charge < -0.3 is 24.1 Å². The van der Waals surface area contributed by atoms with Crippen molar-refractivity contribution in [2.75, 3.05) is 12.4 Å². The molecule has 0 amide bonds. The SMILES string of the molecule is CCC1=C(Nc2nc(=O)c(OC)cn2Cc2cc(F)cc(F)c2)C=C2OC(F)(F)OC2=CC1. The summed E-state index contributed by atoms with van der Waals surface area (Å²) < 4.78 is 70.0. The van der Waals surface area contributed by atoms with E-state index in [-0.39, 0.29) is 41.7 Å². The number of nitrogens with zero attached hydrogens (tertiary/aromatic N) is 2. The number of aromatic nitrogens is 2. The Labute approximate surface area is 185 Å². The first-order valence-corrected chi connectivity index (χ1v) is 9.95. The Kier molecular flexibility index (Phi) is 5.88. The van der Waals surface area contributed by atoms with Crippen LogP contribution in [0.5, 0.6) is 5.75 Å². The summed E-state index contributed by atoms with van der Waals surface area (Å²) in [6.45, 7) is 1.81. The second kappa shape index (κ2) is 8.64. The molecule has 1 N–H and O–H groups in total. The number of halogens is 4. The fourth-order valence-electron chi connectivity index (χ4n) is 3.49. The molecular weight excluding hydrogens is 446 g/mol. The Balaban J connectivity index is 1.75. The molecule has 1 saturated heterocycles.